The van der Waals surface area contributed by atoms with Crippen LogP contribution in [-0.2, 0) is 6.54 Å². The summed E-state index contributed by atoms with van der Waals surface area (Å²) in [6, 6.07) is 9.11. The van der Waals surface area contributed by atoms with Crippen molar-refractivity contribution in [3.8, 4) is 0 Å². The highest BCUT2D eigenvalue weighted by molar-refractivity contribution is 9.11. The molecule has 0 amide bonds. The van der Waals surface area contributed by atoms with Crippen LogP contribution in [0.15, 0.2) is 33.4 Å². The first-order valence-electron chi connectivity index (χ1n) is 5.14. The molecule has 4 heteroatoms. The molecule has 86 valence electrons. The van der Waals surface area contributed by atoms with Gasteiger partial charge >= 0.3 is 0 Å². The van der Waals surface area contributed by atoms with Crippen molar-refractivity contribution in [1.29, 1.82) is 0 Å². The number of hydrogen-bond acceptors (Lipinski definition) is 3. The quantitative estimate of drug-likeness (QED) is 0.786. The molecule has 2 aromatic heterocycles. The molecule has 2 aromatic rings. The molecule has 0 fully saturated rings. The lowest BCUT2D eigenvalue weighted by atomic mass is 10.2. The van der Waals surface area contributed by atoms with E-state index in [1.54, 1.807) is 0 Å². The van der Waals surface area contributed by atoms with E-state index >= 15 is 0 Å². The van der Waals surface area contributed by atoms with E-state index in [-0.39, 0.29) is 0 Å². The fraction of sp³-hybridized carbons (Fsp3) is 0.333. The van der Waals surface area contributed by atoms with Crippen LogP contribution >= 0.6 is 38.6 Å². The van der Waals surface area contributed by atoms with Crippen LogP contribution in [0.5, 0.6) is 0 Å². The first kappa shape index (κ1) is 12.3. The van der Waals surface area contributed by atoms with Crippen molar-refractivity contribution < 1.29 is 0 Å². The molecule has 2 rings (SSSR count). The fourth-order valence-corrected chi connectivity index (χ4v) is 3.96. The van der Waals surface area contributed by atoms with E-state index in [0.29, 0.717) is 6.04 Å². The third kappa shape index (κ3) is 2.94. The summed E-state index contributed by atoms with van der Waals surface area (Å²) >= 11 is 7.14. The first-order chi connectivity index (χ1) is 7.66. The Labute approximate surface area is 113 Å². The summed E-state index contributed by atoms with van der Waals surface area (Å²) in [5.41, 5.74) is 0. The summed E-state index contributed by atoms with van der Waals surface area (Å²) in [6.45, 7) is 3.27. The van der Waals surface area contributed by atoms with Crippen LogP contribution < -0.4 is 0 Å². The zero-order valence-corrected chi connectivity index (χ0v) is 12.5. The Kier molecular flexibility index (Phi) is 4.19. The van der Waals surface area contributed by atoms with Gasteiger partial charge in [-0.3, -0.25) is 4.90 Å². The normalized spacial score (nSPS) is 13.2. The Morgan fingerprint density at radius 2 is 2.19 bits per heavy atom. The van der Waals surface area contributed by atoms with Crippen LogP contribution in [0.4, 0.5) is 0 Å². The maximum Gasteiger partial charge on any atom is 0.0701 e. The predicted octanol–water partition coefficient (Wildman–Crippen LogP) is 4.77. The molecule has 0 bridgehead atoms. The molecule has 0 aliphatic carbocycles. The van der Waals surface area contributed by atoms with Crippen molar-refractivity contribution in [3.05, 3.63) is 43.2 Å². The Hall–Kier alpha value is -0.160. The van der Waals surface area contributed by atoms with E-state index in [2.05, 4.69) is 64.4 Å². The van der Waals surface area contributed by atoms with Crippen molar-refractivity contribution in [2.45, 2.75) is 19.5 Å². The minimum Gasteiger partial charge on any atom is -0.294 e. The average Bonchev–Trinajstić information content (AvgIpc) is 2.88. The molecule has 0 saturated heterocycles. The van der Waals surface area contributed by atoms with Crippen molar-refractivity contribution in [2.75, 3.05) is 7.05 Å². The highest BCUT2D eigenvalue weighted by Gasteiger charge is 2.13. The second-order valence-corrected chi connectivity index (χ2v) is 7.34. The highest BCUT2D eigenvalue weighted by atomic mass is 79.9. The van der Waals surface area contributed by atoms with Crippen LogP contribution in [0.1, 0.15) is 22.7 Å². The van der Waals surface area contributed by atoms with Gasteiger partial charge in [0, 0.05) is 22.3 Å². The Bertz CT molecular complexity index is 436. The van der Waals surface area contributed by atoms with Gasteiger partial charge in [-0.05, 0) is 53.5 Å². The van der Waals surface area contributed by atoms with Gasteiger partial charge in [-0.25, -0.2) is 0 Å². The Morgan fingerprint density at radius 1 is 1.38 bits per heavy atom. The number of thiophene rings is 2. The second kappa shape index (κ2) is 5.45. The van der Waals surface area contributed by atoms with E-state index < -0.39 is 0 Å². The average molecular weight is 316 g/mol. The lowest BCUT2D eigenvalue weighted by Gasteiger charge is -2.22. The molecule has 0 aromatic carbocycles. The molecular weight excluding hydrogens is 302 g/mol. The standard InChI is InChI=1S/C12H14BrNS2/c1-9(11-4-3-7-15-11)14(2)8-10-5-6-12(13)16-10/h3-7,9H,8H2,1-2H3. The summed E-state index contributed by atoms with van der Waals surface area (Å²) < 4.78 is 1.21. The lowest BCUT2D eigenvalue weighted by Crippen LogP contribution is -2.20. The SMILES string of the molecule is CC(c1cccs1)N(C)Cc1ccc(Br)s1. The number of nitrogens with zero attached hydrogens (tertiary/aromatic N) is 1. The van der Waals surface area contributed by atoms with Gasteiger partial charge in [-0.1, -0.05) is 6.07 Å². The molecule has 16 heavy (non-hydrogen) atoms. The molecule has 0 N–H and O–H groups in total. The summed E-state index contributed by atoms with van der Waals surface area (Å²) in [5, 5.41) is 2.14. The van der Waals surface area contributed by atoms with Gasteiger partial charge in [-0.2, -0.15) is 0 Å². The monoisotopic (exact) mass is 315 g/mol. The van der Waals surface area contributed by atoms with Gasteiger partial charge in [0.25, 0.3) is 0 Å². The van der Waals surface area contributed by atoms with E-state index in [9.17, 15) is 0 Å². The van der Waals surface area contributed by atoms with Crippen LogP contribution in [0.25, 0.3) is 0 Å². The summed E-state index contributed by atoms with van der Waals surface area (Å²) in [5.74, 6) is 0. The molecule has 1 atom stereocenters. The van der Waals surface area contributed by atoms with Crippen LogP contribution in [-0.4, -0.2) is 11.9 Å². The molecular formula is C12H14BrNS2. The fourth-order valence-electron chi connectivity index (χ4n) is 1.57. The van der Waals surface area contributed by atoms with Gasteiger partial charge in [0.2, 0.25) is 0 Å². The zero-order valence-electron chi connectivity index (χ0n) is 9.31. The number of halogens is 1. The van der Waals surface area contributed by atoms with Crippen LogP contribution in [0.2, 0.25) is 0 Å². The maximum absolute atomic E-state index is 3.50. The van der Waals surface area contributed by atoms with E-state index in [1.165, 1.54) is 13.5 Å². The predicted molar refractivity (Wildman–Crippen MR) is 76.2 cm³/mol. The molecule has 0 aliphatic heterocycles. The van der Waals surface area contributed by atoms with Crippen molar-refractivity contribution >= 4 is 38.6 Å². The van der Waals surface area contributed by atoms with Gasteiger partial charge < -0.3 is 0 Å². The van der Waals surface area contributed by atoms with Crippen molar-refractivity contribution in [3.63, 3.8) is 0 Å². The van der Waals surface area contributed by atoms with E-state index in [0.717, 1.165) is 6.54 Å². The Balaban J connectivity index is 2.00. The minimum absolute atomic E-state index is 0.487. The largest absolute Gasteiger partial charge is 0.294 e. The van der Waals surface area contributed by atoms with Gasteiger partial charge in [0.1, 0.15) is 0 Å². The van der Waals surface area contributed by atoms with E-state index in [1.807, 2.05) is 22.7 Å². The topological polar surface area (TPSA) is 3.24 Å². The van der Waals surface area contributed by atoms with Crippen LogP contribution in [0.3, 0.4) is 0 Å². The second-order valence-electron chi connectivity index (χ2n) is 3.81. The number of rotatable bonds is 4. The van der Waals surface area contributed by atoms with E-state index in [4.69, 9.17) is 0 Å². The smallest absolute Gasteiger partial charge is 0.0701 e. The molecule has 2 heterocycles. The molecule has 0 aliphatic rings. The summed E-state index contributed by atoms with van der Waals surface area (Å²) in [4.78, 5) is 5.21. The number of hydrogen-bond donors (Lipinski definition) is 0. The maximum atomic E-state index is 3.50. The first-order valence-corrected chi connectivity index (χ1v) is 7.63. The van der Waals surface area contributed by atoms with Gasteiger partial charge in [-0.15, -0.1) is 22.7 Å². The highest BCUT2D eigenvalue weighted by Crippen LogP contribution is 2.28. The third-order valence-corrected chi connectivity index (χ3v) is 5.30. The van der Waals surface area contributed by atoms with Crippen molar-refractivity contribution in [1.82, 2.24) is 4.90 Å². The zero-order chi connectivity index (χ0) is 11.5. The minimum atomic E-state index is 0.487. The molecule has 1 nitrogen and oxygen atoms in total. The molecule has 0 saturated carbocycles. The molecule has 0 radical (unpaired) electrons. The van der Waals surface area contributed by atoms with Gasteiger partial charge in [0.05, 0.1) is 3.79 Å². The molecule has 0 spiro atoms. The van der Waals surface area contributed by atoms with Gasteiger partial charge in [0.15, 0.2) is 0 Å². The summed E-state index contributed by atoms with van der Waals surface area (Å²) in [7, 11) is 2.18. The molecule has 1 unspecified atom stereocenters. The van der Waals surface area contributed by atoms with Crippen LogP contribution in [0, 0.1) is 0 Å². The lowest BCUT2D eigenvalue weighted by molar-refractivity contribution is 0.259. The summed E-state index contributed by atoms with van der Waals surface area (Å²) in [6.07, 6.45) is 0. The van der Waals surface area contributed by atoms with Crippen molar-refractivity contribution in [2.24, 2.45) is 0 Å². The Morgan fingerprint density at radius 3 is 2.75 bits per heavy atom. The third-order valence-electron chi connectivity index (χ3n) is 2.65.